The highest BCUT2D eigenvalue weighted by Crippen LogP contribution is 2.31. The van der Waals surface area contributed by atoms with Gasteiger partial charge in [-0.25, -0.2) is 9.18 Å². The van der Waals surface area contributed by atoms with Gasteiger partial charge in [0.1, 0.15) is 5.82 Å². The van der Waals surface area contributed by atoms with E-state index in [4.69, 9.17) is 5.73 Å². The van der Waals surface area contributed by atoms with Gasteiger partial charge < -0.3 is 5.73 Å². The van der Waals surface area contributed by atoms with Crippen LogP contribution in [0.15, 0.2) is 16.6 Å². The van der Waals surface area contributed by atoms with Crippen molar-refractivity contribution in [1.82, 2.24) is 5.32 Å². The van der Waals surface area contributed by atoms with Gasteiger partial charge in [-0.1, -0.05) is 0 Å². The predicted octanol–water partition coefficient (Wildman–Crippen LogP) is 1.62. The molecule has 0 radical (unpaired) electrons. The maximum absolute atomic E-state index is 13.2. The van der Waals surface area contributed by atoms with Gasteiger partial charge in [-0.15, -0.1) is 0 Å². The zero-order chi connectivity index (χ0) is 12.6. The molecule has 1 saturated heterocycles. The highest BCUT2D eigenvalue weighted by Gasteiger charge is 2.26. The predicted molar refractivity (Wildman–Crippen MR) is 64.0 cm³/mol. The van der Waals surface area contributed by atoms with E-state index in [0.717, 1.165) is 0 Å². The van der Waals surface area contributed by atoms with Crippen LogP contribution < -0.4 is 16.0 Å². The first-order chi connectivity index (χ1) is 7.99. The number of halogens is 2. The zero-order valence-electron chi connectivity index (χ0n) is 8.67. The Hall–Kier alpha value is -1.63. The Morgan fingerprint density at radius 2 is 2.12 bits per heavy atom. The highest BCUT2D eigenvalue weighted by atomic mass is 79.9. The molecule has 0 bridgehead atoms. The van der Waals surface area contributed by atoms with Crippen molar-refractivity contribution in [3.05, 3.63) is 22.4 Å². The number of amides is 3. The minimum Gasteiger partial charge on any atom is -0.396 e. The van der Waals surface area contributed by atoms with E-state index < -0.39 is 11.8 Å². The van der Waals surface area contributed by atoms with Crippen molar-refractivity contribution >= 4 is 39.2 Å². The number of nitrogens with zero attached hydrogens (tertiary/aromatic N) is 1. The van der Waals surface area contributed by atoms with Crippen LogP contribution in [0, 0.1) is 5.82 Å². The molecule has 0 atom stereocenters. The molecule has 3 N–H and O–H groups in total. The summed E-state index contributed by atoms with van der Waals surface area (Å²) in [5.41, 5.74) is 5.84. The lowest BCUT2D eigenvalue weighted by atomic mass is 10.2. The summed E-state index contributed by atoms with van der Waals surface area (Å²) >= 11 is 3.16. The van der Waals surface area contributed by atoms with Gasteiger partial charge >= 0.3 is 6.03 Å². The van der Waals surface area contributed by atoms with Gasteiger partial charge in [0.15, 0.2) is 0 Å². The van der Waals surface area contributed by atoms with Crippen LogP contribution in [-0.2, 0) is 4.79 Å². The molecular weight excluding hydrogens is 293 g/mol. The Morgan fingerprint density at radius 1 is 1.41 bits per heavy atom. The highest BCUT2D eigenvalue weighted by molar-refractivity contribution is 9.10. The van der Waals surface area contributed by atoms with Crippen molar-refractivity contribution in [2.45, 2.75) is 6.42 Å². The van der Waals surface area contributed by atoms with E-state index in [1.54, 1.807) is 0 Å². The van der Waals surface area contributed by atoms with Crippen molar-refractivity contribution < 1.29 is 14.0 Å². The lowest BCUT2D eigenvalue weighted by Gasteiger charge is -2.27. The summed E-state index contributed by atoms with van der Waals surface area (Å²) < 4.78 is 13.6. The second-order valence-electron chi connectivity index (χ2n) is 3.58. The van der Waals surface area contributed by atoms with Crippen LogP contribution in [-0.4, -0.2) is 18.5 Å². The molecule has 1 aliphatic heterocycles. The molecule has 7 heteroatoms. The van der Waals surface area contributed by atoms with E-state index >= 15 is 0 Å². The number of imide groups is 1. The molecule has 2 rings (SSSR count). The number of rotatable bonds is 1. The Bertz CT molecular complexity index is 507. The van der Waals surface area contributed by atoms with Gasteiger partial charge in [-0.05, 0) is 28.1 Å². The zero-order valence-corrected chi connectivity index (χ0v) is 10.3. The molecule has 17 heavy (non-hydrogen) atoms. The fourth-order valence-corrected chi connectivity index (χ4v) is 2.08. The van der Waals surface area contributed by atoms with E-state index in [1.165, 1.54) is 17.0 Å². The Kier molecular flexibility index (Phi) is 3.01. The van der Waals surface area contributed by atoms with Crippen LogP contribution in [0.5, 0.6) is 0 Å². The molecule has 3 amide bonds. The third kappa shape index (κ3) is 2.23. The van der Waals surface area contributed by atoms with Gasteiger partial charge in [0, 0.05) is 17.4 Å². The van der Waals surface area contributed by atoms with Crippen LogP contribution in [0.1, 0.15) is 6.42 Å². The third-order valence-electron chi connectivity index (χ3n) is 2.41. The summed E-state index contributed by atoms with van der Waals surface area (Å²) in [6.07, 6.45) is 0.204. The second kappa shape index (κ2) is 4.33. The molecule has 90 valence electrons. The van der Waals surface area contributed by atoms with Gasteiger partial charge in [0.2, 0.25) is 5.91 Å². The number of hydrogen-bond acceptors (Lipinski definition) is 3. The maximum Gasteiger partial charge on any atom is 0.328 e. The molecule has 1 heterocycles. The number of nitrogen functional groups attached to an aromatic ring is 1. The van der Waals surface area contributed by atoms with Crippen LogP contribution >= 0.6 is 15.9 Å². The molecule has 0 saturated carbocycles. The van der Waals surface area contributed by atoms with Crippen molar-refractivity contribution in [2.75, 3.05) is 17.2 Å². The molecule has 1 aromatic rings. The van der Waals surface area contributed by atoms with Gasteiger partial charge in [-0.2, -0.15) is 0 Å². The molecule has 5 nitrogen and oxygen atoms in total. The van der Waals surface area contributed by atoms with Gasteiger partial charge in [0.05, 0.1) is 11.4 Å². The number of carbonyl (C=O) groups is 2. The van der Waals surface area contributed by atoms with E-state index in [0.29, 0.717) is 10.2 Å². The van der Waals surface area contributed by atoms with Crippen LogP contribution in [0.4, 0.5) is 20.6 Å². The Labute approximate surface area is 105 Å². The normalized spacial score (nSPS) is 16.0. The fraction of sp³-hybridized carbons (Fsp3) is 0.200. The molecule has 1 aromatic carbocycles. The Morgan fingerprint density at radius 3 is 2.76 bits per heavy atom. The fourth-order valence-electron chi connectivity index (χ4n) is 1.55. The van der Waals surface area contributed by atoms with E-state index in [9.17, 15) is 14.0 Å². The number of carbonyl (C=O) groups excluding carboxylic acids is 2. The number of anilines is 2. The summed E-state index contributed by atoms with van der Waals surface area (Å²) in [7, 11) is 0. The number of hydrogen-bond donors (Lipinski definition) is 2. The summed E-state index contributed by atoms with van der Waals surface area (Å²) in [4.78, 5) is 23.9. The van der Waals surface area contributed by atoms with Crippen molar-refractivity contribution in [1.29, 1.82) is 0 Å². The van der Waals surface area contributed by atoms with E-state index in [2.05, 4.69) is 21.2 Å². The largest absolute Gasteiger partial charge is 0.396 e. The molecule has 0 spiro atoms. The summed E-state index contributed by atoms with van der Waals surface area (Å²) in [5, 5.41) is 2.18. The first kappa shape index (κ1) is 11.8. The first-order valence-corrected chi connectivity index (χ1v) is 5.64. The van der Waals surface area contributed by atoms with Crippen molar-refractivity contribution in [3.8, 4) is 0 Å². The molecular formula is C10H9BrFN3O2. The topological polar surface area (TPSA) is 75.4 Å². The number of nitrogens with one attached hydrogen (secondary N) is 1. The summed E-state index contributed by atoms with van der Waals surface area (Å²) in [5.74, 6) is -0.883. The molecule has 1 fully saturated rings. The lowest BCUT2D eigenvalue weighted by Crippen LogP contribution is -2.49. The van der Waals surface area contributed by atoms with E-state index in [1.807, 2.05) is 0 Å². The average molecular weight is 302 g/mol. The molecule has 0 aromatic heterocycles. The standard InChI is InChI=1S/C10H9BrFN3O2/c11-5-3-6(12)7(13)4-8(5)15-2-1-9(16)14-10(15)17/h3-4H,1-2,13H2,(H,14,16,17). The van der Waals surface area contributed by atoms with Gasteiger partial charge in [-0.3, -0.25) is 15.0 Å². The van der Waals surface area contributed by atoms with Crippen LogP contribution in [0.25, 0.3) is 0 Å². The molecule has 1 aliphatic rings. The summed E-state index contributed by atoms with van der Waals surface area (Å²) in [6, 6.07) is 2.01. The number of benzene rings is 1. The maximum atomic E-state index is 13.2. The molecule has 0 aliphatic carbocycles. The van der Waals surface area contributed by atoms with Gasteiger partial charge in [0.25, 0.3) is 0 Å². The monoisotopic (exact) mass is 301 g/mol. The SMILES string of the molecule is Nc1cc(N2CCC(=O)NC2=O)c(Br)cc1F. The number of urea groups is 1. The lowest BCUT2D eigenvalue weighted by molar-refractivity contribution is -0.120. The summed E-state index contributed by atoms with van der Waals surface area (Å²) in [6.45, 7) is 0.244. The molecule has 0 unspecified atom stereocenters. The van der Waals surface area contributed by atoms with Crippen LogP contribution in [0.2, 0.25) is 0 Å². The first-order valence-electron chi connectivity index (χ1n) is 4.85. The average Bonchev–Trinajstić information content (AvgIpc) is 2.24. The second-order valence-corrected chi connectivity index (χ2v) is 4.43. The quantitative estimate of drug-likeness (QED) is 0.774. The van der Waals surface area contributed by atoms with Crippen LogP contribution in [0.3, 0.4) is 0 Å². The third-order valence-corrected chi connectivity index (χ3v) is 3.05. The van der Waals surface area contributed by atoms with Crippen molar-refractivity contribution in [3.63, 3.8) is 0 Å². The van der Waals surface area contributed by atoms with Crippen molar-refractivity contribution in [2.24, 2.45) is 0 Å². The smallest absolute Gasteiger partial charge is 0.328 e. The minimum absolute atomic E-state index is 0.0482. The minimum atomic E-state index is -0.561. The number of nitrogens with two attached hydrogens (primary N) is 1. The Balaban J connectivity index is 2.37. The van der Waals surface area contributed by atoms with E-state index in [-0.39, 0.29) is 24.6 Å².